The summed E-state index contributed by atoms with van der Waals surface area (Å²) >= 11 is 0. The first-order valence-electron chi connectivity index (χ1n) is 8.24. The average molecular weight is 333 g/mol. The van der Waals surface area contributed by atoms with Crippen LogP contribution >= 0.6 is 0 Å². The summed E-state index contributed by atoms with van der Waals surface area (Å²) in [4.78, 5) is 12.2. The number of fused-ring (bicyclic) bond motifs is 2. The van der Waals surface area contributed by atoms with Crippen LogP contribution in [0.5, 0.6) is 11.5 Å². The number of hydrogen-bond donors (Lipinski definition) is 1. The molecular weight excluding hydrogens is 314 g/mol. The third-order valence-corrected chi connectivity index (χ3v) is 4.77. The first kappa shape index (κ1) is 15.5. The number of rotatable bonds is 3. The predicted octanol–water partition coefficient (Wildman–Crippen LogP) is 4.33. The Hall–Kier alpha value is -3.01. The fourth-order valence-electron chi connectivity index (χ4n) is 3.51. The zero-order chi connectivity index (χ0) is 17.4. The Morgan fingerprint density at radius 3 is 2.40 bits per heavy atom. The Morgan fingerprint density at radius 1 is 0.920 bits per heavy atom. The Kier molecular flexibility index (Phi) is 3.80. The van der Waals surface area contributed by atoms with Gasteiger partial charge in [0, 0.05) is 24.1 Å². The molecule has 1 amide bonds. The molecule has 3 aromatic rings. The van der Waals surface area contributed by atoms with Crippen LogP contribution in [0.4, 0.5) is 5.69 Å². The van der Waals surface area contributed by atoms with Crippen molar-refractivity contribution in [1.82, 2.24) is 0 Å². The van der Waals surface area contributed by atoms with Gasteiger partial charge in [-0.05, 0) is 28.0 Å². The molecule has 0 unspecified atom stereocenters. The molecule has 25 heavy (non-hydrogen) atoms. The van der Waals surface area contributed by atoms with Crippen molar-refractivity contribution in [2.24, 2.45) is 0 Å². The molecule has 126 valence electrons. The highest BCUT2D eigenvalue weighted by molar-refractivity contribution is 5.96. The molecule has 0 aromatic heterocycles. The van der Waals surface area contributed by atoms with E-state index < -0.39 is 0 Å². The fraction of sp³-hybridized carbons (Fsp3) is 0.190. The molecule has 0 radical (unpaired) electrons. The van der Waals surface area contributed by atoms with Crippen molar-refractivity contribution in [2.75, 3.05) is 19.5 Å². The van der Waals surface area contributed by atoms with E-state index in [1.54, 1.807) is 14.2 Å². The van der Waals surface area contributed by atoms with Crippen molar-refractivity contribution in [3.63, 3.8) is 0 Å². The molecule has 0 saturated carbocycles. The summed E-state index contributed by atoms with van der Waals surface area (Å²) in [6.07, 6.45) is 0.417. The van der Waals surface area contributed by atoms with Gasteiger partial charge in [0.05, 0.1) is 14.2 Å². The molecule has 1 aliphatic heterocycles. The number of amides is 1. The minimum absolute atomic E-state index is 0.00633. The van der Waals surface area contributed by atoms with E-state index in [-0.39, 0.29) is 11.8 Å². The molecule has 0 bridgehead atoms. The Morgan fingerprint density at radius 2 is 1.64 bits per heavy atom. The zero-order valence-electron chi connectivity index (χ0n) is 14.2. The van der Waals surface area contributed by atoms with Crippen LogP contribution in [-0.2, 0) is 4.79 Å². The first-order valence-corrected chi connectivity index (χ1v) is 8.24. The lowest BCUT2D eigenvalue weighted by atomic mass is 9.84. The van der Waals surface area contributed by atoms with Crippen molar-refractivity contribution < 1.29 is 14.3 Å². The molecule has 1 atom stereocenters. The van der Waals surface area contributed by atoms with Gasteiger partial charge in [0.2, 0.25) is 5.91 Å². The lowest BCUT2D eigenvalue weighted by Crippen LogP contribution is -2.23. The van der Waals surface area contributed by atoms with Gasteiger partial charge in [0.15, 0.2) is 11.5 Å². The number of methoxy groups -OCH3 is 2. The summed E-state index contributed by atoms with van der Waals surface area (Å²) in [5, 5.41) is 5.32. The number of carbonyl (C=O) groups excluding carboxylic acids is 1. The second-order valence-electron chi connectivity index (χ2n) is 6.21. The number of anilines is 1. The molecule has 4 rings (SSSR count). The Balaban J connectivity index is 1.86. The quantitative estimate of drug-likeness (QED) is 0.776. The minimum atomic E-state index is -0.00633. The highest BCUT2D eigenvalue weighted by atomic mass is 16.5. The molecule has 0 spiro atoms. The standard InChI is InChI=1S/C21H19NO3/c1-24-19-10-17-16(11-21(23)22-18(17)12-20(19)25-2)15-8-7-13-5-3-4-6-14(13)9-15/h3-10,12,16H,11H2,1-2H3,(H,22,23)/t16-/m0/s1. The third kappa shape index (κ3) is 2.70. The van der Waals surface area contributed by atoms with Gasteiger partial charge in [-0.25, -0.2) is 0 Å². The highest BCUT2D eigenvalue weighted by Gasteiger charge is 2.28. The van der Waals surface area contributed by atoms with Crippen LogP contribution in [0, 0.1) is 0 Å². The average Bonchev–Trinajstić information content (AvgIpc) is 2.65. The van der Waals surface area contributed by atoms with E-state index in [0.717, 1.165) is 16.8 Å². The molecular formula is C21H19NO3. The molecule has 4 heteroatoms. The van der Waals surface area contributed by atoms with Gasteiger partial charge < -0.3 is 14.8 Å². The van der Waals surface area contributed by atoms with Crippen LogP contribution in [0.25, 0.3) is 10.8 Å². The van der Waals surface area contributed by atoms with Crippen LogP contribution in [0.2, 0.25) is 0 Å². The van der Waals surface area contributed by atoms with E-state index >= 15 is 0 Å². The maximum atomic E-state index is 12.2. The van der Waals surface area contributed by atoms with Crippen LogP contribution < -0.4 is 14.8 Å². The van der Waals surface area contributed by atoms with E-state index in [0.29, 0.717) is 17.9 Å². The molecule has 0 aliphatic carbocycles. The predicted molar refractivity (Wildman–Crippen MR) is 98.6 cm³/mol. The SMILES string of the molecule is COc1cc2c(cc1OC)[C@H](c1ccc3ccccc3c1)CC(=O)N2. The van der Waals surface area contributed by atoms with Crippen molar-refractivity contribution in [3.05, 3.63) is 65.7 Å². The van der Waals surface area contributed by atoms with E-state index in [2.05, 4.69) is 35.6 Å². The van der Waals surface area contributed by atoms with Gasteiger partial charge in [-0.1, -0.05) is 42.5 Å². The molecule has 0 saturated heterocycles. The highest BCUT2D eigenvalue weighted by Crippen LogP contribution is 2.43. The minimum Gasteiger partial charge on any atom is -0.493 e. The maximum absolute atomic E-state index is 12.2. The van der Waals surface area contributed by atoms with Crippen molar-refractivity contribution in [2.45, 2.75) is 12.3 Å². The lowest BCUT2D eigenvalue weighted by molar-refractivity contribution is -0.116. The number of carbonyl (C=O) groups is 1. The number of hydrogen-bond acceptors (Lipinski definition) is 3. The largest absolute Gasteiger partial charge is 0.493 e. The van der Waals surface area contributed by atoms with E-state index in [9.17, 15) is 4.79 Å². The Labute approximate surface area is 146 Å². The fourth-order valence-corrected chi connectivity index (χ4v) is 3.51. The lowest BCUT2D eigenvalue weighted by Gasteiger charge is -2.27. The summed E-state index contributed by atoms with van der Waals surface area (Å²) in [5.74, 6) is 1.29. The zero-order valence-corrected chi connectivity index (χ0v) is 14.2. The summed E-state index contributed by atoms with van der Waals surface area (Å²) in [6, 6.07) is 18.4. The maximum Gasteiger partial charge on any atom is 0.225 e. The summed E-state index contributed by atoms with van der Waals surface area (Å²) in [7, 11) is 3.21. The normalized spacial score (nSPS) is 16.2. The first-order chi connectivity index (χ1) is 12.2. The number of ether oxygens (including phenoxy) is 2. The second-order valence-corrected chi connectivity index (χ2v) is 6.21. The molecule has 4 nitrogen and oxygen atoms in total. The van der Waals surface area contributed by atoms with Crippen LogP contribution in [0.15, 0.2) is 54.6 Å². The van der Waals surface area contributed by atoms with E-state index in [1.807, 2.05) is 24.3 Å². The summed E-state index contributed by atoms with van der Waals surface area (Å²) < 4.78 is 10.8. The molecule has 0 fully saturated rings. The summed E-state index contributed by atoms with van der Waals surface area (Å²) in [5.41, 5.74) is 2.96. The van der Waals surface area contributed by atoms with Gasteiger partial charge >= 0.3 is 0 Å². The van der Waals surface area contributed by atoms with Gasteiger partial charge in [-0.2, -0.15) is 0 Å². The van der Waals surface area contributed by atoms with Gasteiger partial charge in [0.1, 0.15) is 0 Å². The number of nitrogens with one attached hydrogen (secondary N) is 1. The molecule has 1 aliphatic rings. The van der Waals surface area contributed by atoms with Crippen LogP contribution in [0.3, 0.4) is 0 Å². The van der Waals surface area contributed by atoms with Crippen LogP contribution in [-0.4, -0.2) is 20.1 Å². The number of benzene rings is 3. The molecule has 1 N–H and O–H groups in total. The van der Waals surface area contributed by atoms with Gasteiger partial charge in [-0.15, -0.1) is 0 Å². The Bertz CT molecular complexity index is 965. The topological polar surface area (TPSA) is 47.6 Å². The van der Waals surface area contributed by atoms with Crippen LogP contribution in [0.1, 0.15) is 23.5 Å². The molecule has 3 aromatic carbocycles. The second kappa shape index (κ2) is 6.13. The summed E-state index contributed by atoms with van der Waals surface area (Å²) in [6.45, 7) is 0. The monoisotopic (exact) mass is 333 g/mol. The third-order valence-electron chi connectivity index (χ3n) is 4.77. The van der Waals surface area contributed by atoms with Crippen molar-refractivity contribution in [3.8, 4) is 11.5 Å². The smallest absolute Gasteiger partial charge is 0.225 e. The van der Waals surface area contributed by atoms with Crippen molar-refractivity contribution in [1.29, 1.82) is 0 Å². The van der Waals surface area contributed by atoms with E-state index in [4.69, 9.17) is 9.47 Å². The van der Waals surface area contributed by atoms with Gasteiger partial charge in [0.25, 0.3) is 0 Å². The van der Waals surface area contributed by atoms with E-state index in [1.165, 1.54) is 10.8 Å². The molecule has 1 heterocycles. The van der Waals surface area contributed by atoms with Crippen molar-refractivity contribution >= 4 is 22.4 Å². The van der Waals surface area contributed by atoms with Gasteiger partial charge in [-0.3, -0.25) is 4.79 Å².